The van der Waals surface area contributed by atoms with Crippen molar-refractivity contribution in [2.45, 2.75) is 19.8 Å². The van der Waals surface area contributed by atoms with Gasteiger partial charge >= 0.3 is 16.2 Å². The van der Waals surface area contributed by atoms with Crippen LogP contribution in [0.3, 0.4) is 0 Å². The van der Waals surface area contributed by atoms with E-state index in [1.807, 2.05) is 0 Å². The van der Waals surface area contributed by atoms with E-state index < -0.39 is 16.2 Å². The van der Waals surface area contributed by atoms with E-state index in [-0.39, 0.29) is 5.56 Å². The minimum Gasteiger partial charge on any atom is -0.478 e. The Hall–Kier alpha value is -1.60. The van der Waals surface area contributed by atoms with Crippen molar-refractivity contribution in [3.05, 3.63) is 29.3 Å². The molecule has 0 spiro atoms. The number of carbonyl (C=O) groups is 1. The first kappa shape index (κ1) is 13.8. The highest BCUT2D eigenvalue weighted by atomic mass is 32.2. The summed E-state index contributed by atoms with van der Waals surface area (Å²) in [5, 5.41) is 8.92. The average Bonchev–Trinajstić information content (AvgIpc) is 2.85. The van der Waals surface area contributed by atoms with Gasteiger partial charge in [-0.2, -0.15) is 12.7 Å². The number of rotatable bonds is 4. The SMILES string of the molecule is Cc1ccc(C(=O)O)cc1NS(=O)(=O)N1CCCC1. The Balaban J connectivity index is 2.27. The molecular formula is C12H16N2O4S. The van der Waals surface area contributed by atoms with E-state index in [0.29, 0.717) is 24.3 Å². The van der Waals surface area contributed by atoms with Gasteiger partial charge in [-0.25, -0.2) is 4.79 Å². The van der Waals surface area contributed by atoms with Crippen molar-refractivity contribution in [1.82, 2.24) is 4.31 Å². The van der Waals surface area contributed by atoms with E-state index in [9.17, 15) is 13.2 Å². The van der Waals surface area contributed by atoms with Gasteiger partial charge < -0.3 is 5.11 Å². The molecule has 0 aliphatic carbocycles. The summed E-state index contributed by atoms with van der Waals surface area (Å²) in [6, 6.07) is 4.38. The second kappa shape index (κ2) is 5.18. The predicted molar refractivity (Wildman–Crippen MR) is 71.5 cm³/mol. The normalized spacial score (nSPS) is 16.5. The molecule has 0 atom stereocenters. The highest BCUT2D eigenvalue weighted by molar-refractivity contribution is 7.90. The van der Waals surface area contributed by atoms with Gasteiger partial charge in [0, 0.05) is 13.1 Å². The van der Waals surface area contributed by atoms with Crippen LogP contribution in [0, 0.1) is 6.92 Å². The van der Waals surface area contributed by atoms with Crippen LogP contribution in [0.1, 0.15) is 28.8 Å². The Labute approximate surface area is 112 Å². The predicted octanol–water partition coefficient (Wildman–Crippen LogP) is 1.45. The lowest BCUT2D eigenvalue weighted by Gasteiger charge is -2.18. The smallest absolute Gasteiger partial charge is 0.335 e. The Morgan fingerprint density at radius 3 is 2.53 bits per heavy atom. The van der Waals surface area contributed by atoms with Crippen LogP contribution in [-0.4, -0.2) is 36.9 Å². The van der Waals surface area contributed by atoms with Gasteiger partial charge in [0.05, 0.1) is 11.3 Å². The minimum absolute atomic E-state index is 0.0599. The van der Waals surface area contributed by atoms with Gasteiger partial charge in [0.15, 0.2) is 0 Å². The fraction of sp³-hybridized carbons (Fsp3) is 0.417. The lowest BCUT2D eigenvalue weighted by Crippen LogP contribution is -2.33. The summed E-state index contributed by atoms with van der Waals surface area (Å²) in [7, 11) is -3.59. The van der Waals surface area contributed by atoms with Crippen LogP contribution < -0.4 is 4.72 Å². The second-order valence-electron chi connectivity index (χ2n) is 4.55. The summed E-state index contributed by atoms with van der Waals surface area (Å²) in [6.07, 6.45) is 1.71. The minimum atomic E-state index is -3.59. The molecule has 0 unspecified atom stereocenters. The number of benzene rings is 1. The van der Waals surface area contributed by atoms with Crippen LogP contribution >= 0.6 is 0 Å². The Morgan fingerprint density at radius 1 is 1.32 bits per heavy atom. The molecule has 1 aliphatic heterocycles. The number of aromatic carboxylic acids is 1. The van der Waals surface area contributed by atoms with E-state index in [4.69, 9.17) is 5.11 Å². The maximum absolute atomic E-state index is 12.1. The molecule has 0 aromatic heterocycles. The van der Waals surface area contributed by atoms with Gasteiger partial charge in [-0.3, -0.25) is 4.72 Å². The highest BCUT2D eigenvalue weighted by Crippen LogP contribution is 2.21. The standard InChI is InChI=1S/C12H16N2O4S/c1-9-4-5-10(12(15)16)8-11(9)13-19(17,18)14-6-2-3-7-14/h4-5,8,13H,2-3,6-7H2,1H3,(H,15,16). The first-order valence-electron chi connectivity index (χ1n) is 6.02. The second-order valence-corrected chi connectivity index (χ2v) is 6.22. The molecule has 1 aliphatic rings. The van der Waals surface area contributed by atoms with Crippen molar-refractivity contribution >= 4 is 21.9 Å². The Bertz CT molecular complexity index is 592. The fourth-order valence-electron chi connectivity index (χ4n) is 2.00. The van der Waals surface area contributed by atoms with E-state index in [1.165, 1.54) is 16.4 Å². The molecule has 6 nitrogen and oxygen atoms in total. The zero-order valence-corrected chi connectivity index (χ0v) is 11.4. The number of hydrogen-bond donors (Lipinski definition) is 2. The maximum Gasteiger partial charge on any atom is 0.335 e. The van der Waals surface area contributed by atoms with Crippen molar-refractivity contribution in [3.8, 4) is 0 Å². The number of hydrogen-bond acceptors (Lipinski definition) is 3. The molecule has 19 heavy (non-hydrogen) atoms. The van der Waals surface area contributed by atoms with Crippen molar-refractivity contribution in [2.24, 2.45) is 0 Å². The molecule has 0 bridgehead atoms. The summed E-state index contributed by atoms with van der Waals surface area (Å²) in [4.78, 5) is 10.9. The van der Waals surface area contributed by atoms with Crippen LogP contribution in [0.4, 0.5) is 5.69 Å². The van der Waals surface area contributed by atoms with Gasteiger partial charge in [0.25, 0.3) is 0 Å². The Morgan fingerprint density at radius 2 is 1.95 bits per heavy atom. The molecule has 0 amide bonds. The summed E-state index contributed by atoms with van der Waals surface area (Å²) in [6.45, 7) is 2.74. The molecule has 0 saturated carbocycles. The van der Waals surface area contributed by atoms with Crippen molar-refractivity contribution in [3.63, 3.8) is 0 Å². The number of anilines is 1. The van der Waals surface area contributed by atoms with Gasteiger partial charge in [-0.15, -0.1) is 0 Å². The number of nitrogens with zero attached hydrogens (tertiary/aromatic N) is 1. The molecule has 1 aromatic rings. The summed E-state index contributed by atoms with van der Waals surface area (Å²) in [5.74, 6) is -1.08. The molecule has 1 heterocycles. The first-order chi connectivity index (χ1) is 8.90. The number of carboxylic acids is 1. The van der Waals surface area contributed by atoms with Crippen LogP contribution in [0.2, 0.25) is 0 Å². The van der Waals surface area contributed by atoms with E-state index in [2.05, 4.69) is 4.72 Å². The van der Waals surface area contributed by atoms with E-state index in [0.717, 1.165) is 12.8 Å². The van der Waals surface area contributed by atoms with Gasteiger partial charge in [0.1, 0.15) is 0 Å². The molecule has 2 rings (SSSR count). The Kier molecular flexibility index (Phi) is 3.77. The van der Waals surface area contributed by atoms with Crippen LogP contribution in [-0.2, 0) is 10.2 Å². The molecular weight excluding hydrogens is 268 g/mol. The van der Waals surface area contributed by atoms with Crippen molar-refractivity contribution < 1.29 is 18.3 Å². The monoisotopic (exact) mass is 284 g/mol. The van der Waals surface area contributed by atoms with Gasteiger partial charge in [0.2, 0.25) is 0 Å². The topological polar surface area (TPSA) is 86.7 Å². The molecule has 1 saturated heterocycles. The largest absolute Gasteiger partial charge is 0.478 e. The molecule has 2 N–H and O–H groups in total. The van der Waals surface area contributed by atoms with E-state index >= 15 is 0 Å². The fourth-order valence-corrected chi connectivity index (χ4v) is 3.36. The number of aryl methyl sites for hydroxylation is 1. The van der Waals surface area contributed by atoms with Gasteiger partial charge in [-0.05, 0) is 37.5 Å². The third kappa shape index (κ3) is 3.05. The van der Waals surface area contributed by atoms with Crippen molar-refractivity contribution in [2.75, 3.05) is 17.8 Å². The molecule has 0 radical (unpaired) electrons. The quantitative estimate of drug-likeness (QED) is 0.876. The summed E-state index contributed by atoms with van der Waals surface area (Å²) >= 11 is 0. The highest BCUT2D eigenvalue weighted by Gasteiger charge is 2.25. The zero-order chi connectivity index (χ0) is 14.0. The van der Waals surface area contributed by atoms with Crippen LogP contribution in [0.5, 0.6) is 0 Å². The number of nitrogens with one attached hydrogen (secondary N) is 1. The van der Waals surface area contributed by atoms with Gasteiger partial charge in [-0.1, -0.05) is 6.07 Å². The lowest BCUT2D eigenvalue weighted by molar-refractivity contribution is 0.0697. The summed E-state index contributed by atoms with van der Waals surface area (Å²) in [5.41, 5.74) is 1.06. The first-order valence-corrected chi connectivity index (χ1v) is 7.46. The third-order valence-electron chi connectivity index (χ3n) is 3.13. The summed E-state index contributed by atoms with van der Waals surface area (Å²) < 4.78 is 28.0. The zero-order valence-electron chi connectivity index (χ0n) is 10.6. The molecule has 1 fully saturated rings. The third-order valence-corrected chi connectivity index (χ3v) is 4.65. The van der Waals surface area contributed by atoms with Crippen LogP contribution in [0.25, 0.3) is 0 Å². The average molecular weight is 284 g/mol. The maximum atomic E-state index is 12.1. The number of carboxylic acid groups (broad SMARTS) is 1. The molecule has 7 heteroatoms. The van der Waals surface area contributed by atoms with Crippen molar-refractivity contribution in [1.29, 1.82) is 0 Å². The lowest BCUT2D eigenvalue weighted by atomic mass is 10.1. The molecule has 1 aromatic carbocycles. The van der Waals surface area contributed by atoms with Crippen LogP contribution in [0.15, 0.2) is 18.2 Å². The van der Waals surface area contributed by atoms with E-state index in [1.54, 1.807) is 13.0 Å². The molecule has 104 valence electrons.